The molecule has 1 amide bonds. The van der Waals surface area contributed by atoms with E-state index in [2.05, 4.69) is 61.2 Å². The van der Waals surface area contributed by atoms with Crippen LogP contribution in [0.3, 0.4) is 0 Å². The van der Waals surface area contributed by atoms with Crippen LogP contribution in [-0.2, 0) is 16.0 Å². The van der Waals surface area contributed by atoms with Crippen molar-refractivity contribution >= 4 is 34.0 Å². The molecule has 168 valence electrons. The normalized spacial score (nSPS) is 16.4. The number of ether oxygens (including phenoxy) is 1. The predicted octanol–water partition coefficient (Wildman–Crippen LogP) is 3.38. The minimum Gasteiger partial charge on any atom is -0.379 e. The van der Waals surface area contributed by atoms with E-state index in [0.717, 1.165) is 68.8 Å². The van der Waals surface area contributed by atoms with Crippen LogP contribution in [0.2, 0.25) is 0 Å². The van der Waals surface area contributed by atoms with E-state index in [1.54, 1.807) is 6.33 Å². The van der Waals surface area contributed by atoms with Gasteiger partial charge in [-0.05, 0) is 55.0 Å². The molecule has 0 saturated carbocycles. The van der Waals surface area contributed by atoms with Crippen molar-refractivity contribution in [1.29, 1.82) is 0 Å². The number of fused-ring (bicyclic) bond motifs is 2. The fourth-order valence-electron chi connectivity index (χ4n) is 4.40. The smallest absolute Gasteiger partial charge is 0.300 e. The Labute approximate surface area is 193 Å². The number of aryl methyl sites for hydroxylation is 1. The van der Waals surface area contributed by atoms with Crippen LogP contribution >= 0.6 is 0 Å². The SMILES string of the molecule is O=C(C#CCN1CCOCC1)Nc1ccc2ncnc(N3CCCCc4ccccc43)c2c1. The maximum Gasteiger partial charge on any atom is 0.300 e. The van der Waals surface area contributed by atoms with E-state index in [-0.39, 0.29) is 5.91 Å². The monoisotopic (exact) mass is 441 g/mol. The second kappa shape index (κ2) is 9.99. The summed E-state index contributed by atoms with van der Waals surface area (Å²) >= 11 is 0. The van der Waals surface area contributed by atoms with Gasteiger partial charge in [0.25, 0.3) is 5.91 Å². The van der Waals surface area contributed by atoms with E-state index in [1.165, 1.54) is 11.3 Å². The average molecular weight is 442 g/mol. The van der Waals surface area contributed by atoms with Crippen molar-refractivity contribution < 1.29 is 9.53 Å². The molecule has 0 radical (unpaired) electrons. The molecule has 1 aromatic heterocycles. The number of hydrogen-bond donors (Lipinski definition) is 1. The van der Waals surface area contributed by atoms with Crippen molar-refractivity contribution in [2.75, 3.05) is 49.6 Å². The summed E-state index contributed by atoms with van der Waals surface area (Å²) in [5.41, 5.74) is 4.06. The van der Waals surface area contributed by atoms with Crippen molar-refractivity contribution in [3.63, 3.8) is 0 Å². The number of carbonyl (C=O) groups is 1. The van der Waals surface area contributed by atoms with E-state index in [4.69, 9.17) is 4.74 Å². The largest absolute Gasteiger partial charge is 0.379 e. The zero-order chi connectivity index (χ0) is 22.5. The fraction of sp³-hybridized carbons (Fsp3) is 0.346. The molecular formula is C26H27N5O2. The first kappa shape index (κ1) is 21.4. The Bertz CT molecular complexity index is 1210. The molecule has 0 bridgehead atoms. The van der Waals surface area contributed by atoms with Gasteiger partial charge in [-0.15, -0.1) is 0 Å². The lowest BCUT2D eigenvalue weighted by atomic mass is 10.1. The van der Waals surface area contributed by atoms with Gasteiger partial charge in [0.1, 0.15) is 12.1 Å². The third-order valence-corrected chi connectivity index (χ3v) is 6.10. The molecule has 5 rings (SSSR count). The lowest BCUT2D eigenvalue weighted by Gasteiger charge is -2.25. The van der Waals surface area contributed by atoms with E-state index < -0.39 is 0 Å². The standard InChI is InChI=1S/C26H27N5O2/c32-25(9-5-12-30-14-16-33-17-15-30)29-21-10-11-23-22(18-21)26(28-19-27-23)31-13-4-3-7-20-6-1-2-8-24(20)31/h1-2,6,8,10-11,18-19H,3-4,7,12-17H2,(H,29,32). The van der Waals surface area contributed by atoms with Crippen LogP contribution in [0.15, 0.2) is 48.8 Å². The molecule has 2 aliphatic heterocycles. The molecule has 7 heteroatoms. The summed E-state index contributed by atoms with van der Waals surface area (Å²) in [6.45, 7) is 4.61. The zero-order valence-corrected chi connectivity index (χ0v) is 18.6. The first-order valence-corrected chi connectivity index (χ1v) is 11.5. The Balaban J connectivity index is 1.38. The van der Waals surface area contributed by atoms with Crippen LogP contribution in [0.25, 0.3) is 10.9 Å². The van der Waals surface area contributed by atoms with Gasteiger partial charge in [-0.2, -0.15) is 0 Å². The number of morpholine rings is 1. The molecule has 1 fully saturated rings. The maximum atomic E-state index is 12.4. The third kappa shape index (κ3) is 4.98. The minimum atomic E-state index is -0.318. The highest BCUT2D eigenvalue weighted by Gasteiger charge is 2.20. The van der Waals surface area contributed by atoms with Gasteiger partial charge in [-0.3, -0.25) is 9.69 Å². The number of hydrogen-bond acceptors (Lipinski definition) is 6. The summed E-state index contributed by atoms with van der Waals surface area (Å²) in [5, 5.41) is 3.81. The summed E-state index contributed by atoms with van der Waals surface area (Å²) in [6, 6.07) is 14.2. The van der Waals surface area contributed by atoms with Gasteiger partial charge in [0.05, 0.1) is 25.3 Å². The van der Waals surface area contributed by atoms with Crippen LogP contribution in [0.5, 0.6) is 0 Å². The van der Waals surface area contributed by atoms with Crippen molar-refractivity contribution in [3.8, 4) is 11.8 Å². The summed E-state index contributed by atoms with van der Waals surface area (Å²) in [6.07, 6.45) is 4.93. The maximum absolute atomic E-state index is 12.4. The van der Waals surface area contributed by atoms with Gasteiger partial charge in [0.15, 0.2) is 0 Å². The first-order chi connectivity index (χ1) is 16.3. The molecule has 0 spiro atoms. The van der Waals surface area contributed by atoms with Crippen LogP contribution in [0.4, 0.5) is 17.2 Å². The molecule has 0 unspecified atom stereocenters. The van der Waals surface area contributed by atoms with Gasteiger partial charge in [0.2, 0.25) is 0 Å². The molecule has 33 heavy (non-hydrogen) atoms. The molecule has 3 heterocycles. The Morgan fingerprint density at radius 1 is 1.06 bits per heavy atom. The highest BCUT2D eigenvalue weighted by atomic mass is 16.5. The van der Waals surface area contributed by atoms with E-state index >= 15 is 0 Å². The Hall–Kier alpha value is -3.47. The Kier molecular flexibility index (Phi) is 6.47. The van der Waals surface area contributed by atoms with Crippen molar-refractivity contribution in [1.82, 2.24) is 14.9 Å². The number of anilines is 3. The first-order valence-electron chi connectivity index (χ1n) is 11.5. The number of benzene rings is 2. The number of rotatable bonds is 3. The van der Waals surface area contributed by atoms with Gasteiger partial charge < -0.3 is 15.0 Å². The predicted molar refractivity (Wildman–Crippen MR) is 130 cm³/mol. The number of nitrogens with one attached hydrogen (secondary N) is 1. The molecule has 1 N–H and O–H groups in total. The number of para-hydroxylation sites is 1. The second-order valence-corrected chi connectivity index (χ2v) is 8.31. The molecule has 3 aromatic rings. The summed E-state index contributed by atoms with van der Waals surface area (Å²) in [4.78, 5) is 26.0. The Morgan fingerprint density at radius 2 is 1.94 bits per heavy atom. The number of nitrogens with zero attached hydrogens (tertiary/aromatic N) is 4. The molecule has 0 aliphatic carbocycles. The third-order valence-electron chi connectivity index (χ3n) is 6.10. The van der Waals surface area contributed by atoms with Crippen LogP contribution in [-0.4, -0.2) is 60.2 Å². The summed E-state index contributed by atoms with van der Waals surface area (Å²) in [5.74, 6) is 6.22. The molecule has 7 nitrogen and oxygen atoms in total. The van der Waals surface area contributed by atoms with Crippen molar-refractivity contribution in [2.45, 2.75) is 19.3 Å². The van der Waals surface area contributed by atoms with Gasteiger partial charge in [0, 0.05) is 36.4 Å². The fourth-order valence-corrected chi connectivity index (χ4v) is 4.40. The average Bonchev–Trinajstić information content (AvgIpc) is 3.07. The molecular weight excluding hydrogens is 414 g/mol. The van der Waals surface area contributed by atoms with Gasteiger partial charge in [-0.1, -0.05) is 24.1 Å². The highest BCUT2D eigenvalue weighted by Crippen LogP contribution is 2.35. The van der Waals surface area contributed by atoms with Crippen LogP contribution in [0.1, 0.15) is 18.4 Å². The van der Waals surface area contributed by atoms with Crippen LogP contribution in [0, 0.1) is 11.8 Å². The van der Waals surface area contributed by atoms with Crippen LogP contribution < -0.4 is 10.2 Å². The van der Waals surface area contributed by atoms with Gasteiger partial charge in [-0.25, -0.2) is 9.97 Å². The zero-order valence-electron chi connectivity index (χ0n) is 18.6. The summed E-state index contributed by atoms with van der Waals surface area (Å²) in [7, 11) is 0. The van der Waals surface area contributed by atoms with E-state index in [0.29, 0.717) is 12.2 Å². The van der Waals surface area contributed by atoms with Crippen molar-refractivity contribution in [3.05, 3.63) is 54.4 Å². The van der Waals surface area contributed by atoms with E-state index in [1.807, 2.05) is 18.2 Å². The number of carbonyl (C=O) groups excluding carboxylic acids is 1. The van der Waals surface area contributed by atoms with Gasteiger partial charge >= 0.3 is 0 Å². The topological polar surface area (TPSA) is 70.6 Å². The Morgan fingerprint density at radius 3 is 2.85 bits per heavy atom. The second-order valence-electron chi connectivity index (χ2n) is 8.31. The molecule has 2 aliphatic rings. The lowest BCUT2D eigenvalue weighted by Crippen LogP contribution is -2.36. The lowest BCUT2D eigenvalue weighted by molar-refractivity contribution is -0.111. The van der Waals surface area contributed by atoms with Crippen molar-refractivity contribution in [2.24, 2.45) is 0 Å². The highest BCUT2D eigenvalue weighted by molar-refractivity contribution is 6.05. The molecule has 1 saturated heterocycles. The molecule has 2 aromatic carbocycles. The number of amides is 1. The quantitative estimate of drug-likeness (QED) is 0.629. The number of aromatic nitrogens is 2. The minimum absolute atomic E-state index is 0.318. The molecule has 0 atom stereocenters. The van der Waals surface area contributed by atoms with E-state index in [9.17, 15) is 4.79 Å². The summed E-state index contributed by atoms with van der Waals surface area (Å²) < 4.78 is 5.34.